The van der Waals surface area contributed by atoms with Gasteiger partial charge >= 0.3 is 0 Å². The zero-order valence-electron chi connectivity index (χ0n) is 9.27. The van der Waals surface area contributed by atoms with Gasteiger partial charge in [-0.3, -0.25) is 0 Å². The van der Waals surface area contributed by atoms with E-state index in [0.29, 0.717) is 13.2 Å². The van der Waals surface area contributed by atoms with Crippen LogP contribution in [-0.2, 0) is 18.0 Å². The second-order valence-corrected chi connectivity index (χ2v) is 4.74. The van der Waals surface area contributed by atoms with E-state index in [1.807, 2.05) is 25.1 Å². The summed E-state index contributed by atoms with van der Waals surface area (Å²) in [6.07, 6.45) is 0. The highest BCUT2D eigenvalue weighted by atomic mass is 32.1. The van der Waals surface area contributed by atoms with Crippen LogP contribution in [-0.4, -0.2) is 0 Å². The first-order chi connectivity index (χ1) is 7.77. The second-order valence-electron chi connectivity index (χ2n) is 3.70. The van der Waals surface area contributed by atoms with E-state index in [1.165, 1.54) is 4.88 Å². The maximum Gasteiger partial charge on any atom is 0.0813 e. The minimum Gasteiger partial charge on any atom is -0.399 e. The molecule has 16 heavy (non-hydrogen) atoms. The lowest BCUT2D eigenvalue weighted by Crippen LogP contribution is -1.98. The van der Waals surface area contributed by atoms with Crippen LogP contribution >= 0.6 is 11.3 Å². The van der Waals surface area contributed by atoms with E-state index < -0.39 is 0 Å². The molecule has 1 heterocycles. The molecule has 0 saturated carbocycles. The Morgan fingerprint density at radius 3 is 2.81 bits per heavy atom. The van der Waals surface area contributed by atoms with E-state index >= 15 is 0 Å². The molecule has 1 aromatic carbocycles. The number of nitrogen functional groups attached to an aromatic ring is 1. The van der Waals surface area contributed by atoms with Crippen LogP contribution in [0.4, 0.5) is 5.69 Å². The van der Waals surface area contributed by atoms with Gasteiger partial charge in [0, 0.05) is 10.6 Å². The average molecular weight is 233 g/mol. The van der Waals surface area contributed by atoms with Gasteiger partial charge in [0.1, 0.15) is 0 Å². The molecule has 84 valence electrons. The molecule has 0 saturated heterocycles. The van der Waals surface area contributed by atoms with Crippen molar-refractivity contribution in [3.05, 3.63) is 51.7 Å². The van der Waals surface area contributed by atoms with Crippen molar-refractivity contribution >= 4 is 17.0 Å². The number of thiophene rings is 1. The van der Waals surface area contributed by atoms with E-state index in [2.05, 4.69) is 17.5 Å². The Hall–Kier alpha value is -1.32. The summed E-state index contributed by atoms with van der Waals surface area (Å²) in [5.74, 6) is 0. The van der Waals surface area contributed by atoms with Gasteiger partial charge < -0.3 is 10.5 Å². The molecule has 1 aromatic heterocycles. The largest absolute Gasteiger partial charge is 0.399 e. The maximum atomic E-state index is 5.83. The van der Waals surface area contributed by atoms with E-state index in [-0.39, 0.29) is 0 Å². The molecule has 2 aromatic rings. The van der Waals surface area contributed by atoms with Crippen molar-refractivity contribution in [3.8, 4) is 0 Å². The van der Waals surface area contributed by atoms with Crippen LogP contribution in [0.5, 0.6) is 0 Å². The van der Waals surface area contributed by atoms with Gasteiger partial charge in [-0.2, -0.15) is 0 Å². The standard InChI is InChI=1S/C13H15NOS/c1-10-11(4-2-6-13(10)14)8-15-9-12-5-3-7-16-12/h2-7H,8-9,14H2,1H3. The number of nitrogens with two attached hydrogens (primary N) is 1. The van der Waals surface area contributed by atoms with Crippen molar-refractivity contribution in [2.45, 2.75) is 20.1 Å². The van der Waals surface area contributed by atoms with Crippen LogP contribution in [0.25, 0.3) is 0 Å². The molecule has 0 radical (unpaired) electrons. The highest BCUT2D eigenvalue weighted by Gasteiger charge is 2.01. The van der Waals surface area contributed by atoms with Gasteiger partial charge in [-0.25, -0.2) is 0 Å². The fourth-order valence-electron chi connectivity index (χ4n) is 1.52. The fourth-order valence-corrected chi connectivity index (χ4v) is 2.16. The normalized spacial score (nSPS) is 10.6. The van der Waals surface area contributed by atoms with Crippen LogP contribution in [0.1, 0.15) is 16.0 Å². The molecule has 0 spiro atoms. The Balaban J connectivity index is 1.92. The zero-order chi connectivity index (χ0) is 11.4. The summed E-state index contributed by atoms with van der Waals surface area (Å²) in [5.41, 5.74) is 8.95. The highest BCUT2D eigenvalue weighted by molar-refractivity contribution is 7.09. The SMILES string of the molecule is Cc1c(N)cccc1COCc1cccs1. The molecule has 0 aliphatic carbocycles. The number of rotatable bonds is 4. The quantitative estimate of drug-likeness (QED) is 0.822. The molecule has 0 unspecified atom stereocenters. The smallest absolute Gasteiger partial charge is 0.0813 e. The second kappa shape index (κ2) is 5.14. The third-order valence-electron chi connectivity index (χ3n) is 2.57. The van der Waals surface area contributed by atoms with Crippen molar-refractivity contribution in [3.63, 3.8) is 0 Å². The summed E-state index contributed by atoms with van der Waals surface area (Å²) >= 11 is 1.72. The topological polar surface area (TPSA) is 35.2 Å². The number of ether oxygens (including phenoxy) is 1. The van der Waals surface area contributed by atoms with Gasteiger partial charge in [0.05, 0.1) is 13.2 Å². The van der Waals surface area contributed by atoms with E-state index in [4.69, 9.17) is 10.5 Å². The third-order valence-corrected chi connectivity index (χ3v) is 3.42. The molecule has 2 nitrogen and oxygen atoms in total. The molecule has 2 rings (SSSR count). The summed E-state index contributed by atoms with van der Waals surface area (Å²) in [6.45, 7) is 3.32. The molecule has 0 bridgehead atoms. The first-order valence-corrected chi connectivity index (χ1v) is 6.09. The number of hydrogen-bond donors (Lipinski definition) is 1. The Bertz CT molecular complexity index is 451. The van der Waals surface area contributed by atoms with E-state index in [9.17, 15) is 0 Å². The molecule has 2 N–H and O–H groups in total. The van der Waals surface area contributed by atoms with Crippen LogP contribution in [0.15, 0.2) is 35.7 Å². The van der Waals surface area contributed by atoms with Crippen LogP contribution in [0.2, 0.25) is 0 Å². The van der Waals surface area contributed by atoms with Gasteiger partial charge in [-0.15, -0.1) is 11.3 Å². The molecule has 0 aliphatic rings. The van der Waals surface area contributed by atoms with E-state index in [1.54, 1.807) is 11.3 Å². The minimum atomic E-state index is 0.620. The molecular formula is C13H15NOS. The van der Waals surface area contributed by atoms with Gasteiger partial charge in [-0.1, -0.05) is 18.2 Å². The Morgan fingerprint density at radius 1 is 1.19 bits per heavy atom. The lowest BCUT2D eigenvalue weighted by molar-refractivity contribution is 0.109. The molecule has 0 aliphatic heterocycles. The monoisotopic (exact) mass is 233 g/mol. The van der Waals surface area contributed by atoms with Gasteiger partial charge in [0.2, 0.25) is 0 Å². The summed E-state index contributed by atoms with van der Waals surface area (Å²) in [4.78, 5) is 1.25. The lowest BCUT2D eigenvalue weighted by atomic mass is 10.1. The van der Waals surface area contributed by atoms with Gasteiger partial charge in [0.15, 0.2) is 0 Å². The highest BCUT2D eigenvalue weighted by Crippen LogP contribution is 2.17. The van der Waals surface area contributed by atoms with Crippen molar-refractivity contribution < 1.29 is 4.74 Å². The van der Waals surface area contributed by atoms with Crippen molar-refractivity contribution in [2.24, 2.45) is 0 Å². The lowest BCUT2D eigenvalue weighted by Gasteiger charge is -2.08. The van der Waals surface area contributed by atoms with Gasteiger partial charge in [0.25, 0.3) is 0 Å². The fraction of sp³-hybridized carbons (Fsp3) is 0.231. The molecule has 0 amide bonds. The first kappa shape index (κ1) is 11.2. The maximum absolute atomic E-state index is 5.83. The predicted molar refractivity (Wildman–Crippen MR) is 68.4 cm³/mol. The van der Waals surface area contributed by atoms with Crippen LogP contribution in [0, 0.1) is 6.92 Å². The molecule has 3 heteroatoms. The van der Waals surface area contributed by atoms with Crippen molar-refractivity contribution in [1.29, 1.82) is 0 Å². The third kappa shape index (κ3) is 2.62. The first-order valence-electron chi connectivity index (χ1n) is 5.21. The number of benzene rings is 1. The Kier molecular flexibility index (Phi) is 3.59. The summed E-state index contributed by atoms with van der Waals surface area (Å²) in [6, 6.07) is 10.1. The zero-order valence-corrected chi connectivity index (χ0v) is 10.1. The van der Waals surface area contributed by atoms with E-state index in [0.717, 1.165) is 16.8 Å². The average Bonchev–Trinajstić information content (AvgIpc) is 2.77. The summed E-state index contributed by atoms with van der Waals surface area (Å²) in [7, 11) is 0. The van der Waals surface area contributed by atoms with Gasteiger partial charge in [-0.05, 0) is 35.6 Å². The predicted octanol–water partition coefficient (Wildman–Crippen LogP) is 3.36. The Morgan fingerprint density at radius 2 is 2.06 bits per heavy atom. The van der Waals surface area contributed by atoms with Crippen LogP contribution < -0.4 is 5.73 Å². The number of hydrogen-bond acceptors (Lipinski definition) is 3. The molecular weight excluding hydrogens is 218 g/mol. The molecule has 0 atom stereocenters. The summed E-state index contributed by atoms with van der Waals surface area (Å²) in [5, 5.41) is 2.06. The Labute approximate surface area is 99.7 Å². The molecule has 0 fully saturated rings. The van der Waals surface area contributed by atoms with Crippen LogP contribution in [0.3, 0.4) is 0 Å². The van der Waals surface area contributed by atoms with Crippen molar-refractivity contribution in [1.82, 2.24) is 0 Å². The summed E-state index contributed by atoms with van der Waals surface area (Å²) < 4.78 is 5.65. The minimum absolute atomic E-state index is 0.620. The number of anilines is 1. The van der Waals surface area contributed by atoms with Crippen molar-refractivity contribution in [2.75, 3.05) is 5.73 Å².